The zero-order chi connectivity index (χ0) is 24.6. The first-order valence-electron chi connectivity index (χ1n) is 12.2. The number of phenols is 2. The van der Waals surface area contributed by atoms with E-state index in [9.17, 15) is 10.2 Å². The molecular formula is C31H32O4. The number of hydrogen-bond donors (Lipinski definition) is 2. The maximum Gasteiger partial charge on any atom is 0.127 e. The van der Waals surface area contributed by atoms with Crippen LogP contribution in [0.15, 0.2) is 84.9 Å². The first-order valence-corrected chi connectivity index (χ1v) is 12.2. The predicted octanol–water partition coefficient (Wildman–Crippen LogP) is 7.40. The lowest BCUT2D eigenvalue weighted by Gasteiger charge is -2.16. The number of benzene rings is 4. The molecule has 0 aliphatic rings. The van der Waals surface area contributed by atoms with Crippen molar-refractivity contribution in [3.05, 3.63) is 96.1 Å². The van der Waals surface area contributed by atoms with Crippen LogP contribution in [0.5, 0.6) is 23.0 Å². The lowest BCUT2D eigenvalue weighted by Crippen LogP contribution is -2.07. The van der Waals surface area contributed by atoms with E-state index in [0.717, 1.165) is 52.0 Å². The zero-order valence-corrected chi connectivity index (χ0v) is 20.3. The molecule has 0 spiro atoms. The third-order valence-corrected chi connectivity index (χ3v) is 6.13. The smallest absolute Gasteiger partial charge is 0.127 e. The van der Waals surface area contributed by atoms with E-state index in [4.69, 9.17) is 9.47 Å². The van der Waals surface area contributed by atoms with Crippen LogP contribution in [-0.2, 0) is 12.8 Å². The van der Waals surface area contributed by atoms with Gasteiger partial charge >= 0.3 is 0 Å². The van der Waals surface area contributed by atoms with Crippen molar-refractivity contribution in [3.8, 4) is 45.3 Å². The third kappa shape index (κ3) is 5.60. The third-order valence-electron chi connectivity index (χ3n) is 6.13. The number of para-hydroxylation sites is 1. The van der Waals surface area contributed by atoms with Gasteiger partial charge in [0, 0.05) is 29.2 Å². The van der Waals surface area contributed by atoms with Crippen molar-refractivity contribution in [1.29, 1.82) is 0 Å². The average molecular weight is 469 g/mol. The van der Waals surface area contributed by atoms with Crippen molar-refractivity contribution in [1.82, 2.24) is 0 Å². The van der Waals surface area contributed by atoms with Gasteiger partial charge in [-0.2, -0.15) is 0 Å². The maximum atomic E-state index is 10.6. The highest BCUT2D eigenvalue weighted by atomic mass is 16.5. The highest BCUT2D eigenvalue weighted by Crippen LogP contribution is 2.37. The van der Waals surface area contributed by atoms with Gasteiger partial charge in [-0.1, -0.05) is 74.5 Å². The molecule has 0 radical (unpaired) electrons. The largest absolute Gasteiger partial charge is 0.507 e. The molecule has 0 aliphatic heterocycles. The lowest BCUT2D eigenvalue weighted by molar-refractivity contribution is 0.244. The van der Waals surface area contributed by atoms with Crippen molar-refractivity contribution in [2.75, 3.05) is 13.2 Å². The van der Waals surface area contributed by atoms with Gasteiger partial charge < -0.3 is 19.7 Å². The molecule has 0 unspecified atom stereocenters. The van der Waals surface area contributed by atoms with Gasteiger partial charge in [0.15, 0.2) is 0 Å². The van der Waals surface area contributed by atoms with Crippen molar-refractivity contribution in [3.63, 3.8) is 0 Å². The average Bonchev–Trinajstić information content (AvgIpc) is 2.89. The highest BCUT2D eigenvalue weighted by Gasteiger charge is 2.13. The summed E-state index contributed by atoms with van der Waals surface area (Å²) in [4.78, 5) is 0. The second kappa shape index (κ2) is 11.5. The van der Waals surface area contributed by atoms with Crippen molar-refractivity contribution >= 4 is 0 Å². The summed E-state index contributed by atoms with van der Waals surface area (Å²) >= 11 is 0. The van der Waals surface area contributed by atoms with E-state index in [-0.39, 0.29) is 11.5 Å². The van der Waals surface area contributed by atoms with Crippen molar-refractivity contribution < 1.29 is 19.7 Å². The summed E-state index contributed by atoms with van der Waals surface area (Å²) in [6, 6.07) is 26.9. The van der Waals surface area contributed by atoms with Crippen molar-refractivity contribution in [2.45, 2.75) is 33.1 Å². The zero-order valence-electron chi connectivity index (χ0n) is 20.3. The van der Waals surface area contributed by atoms with E-state index in [1.165, 1.54) is 0 Å². The Morgan fingerprint density at radius 3 is 2.00 bits per heavy atom. The minimum Gasteiger partial charge on any atom is -0.507 e. The molecule has 4 aromatic carbocycles. The molecule has 0 heterocycles. The van der Waals surface area contributed by atoms with E-state index >= 15 is 0 Å². The molecule has 180 valence electrons. The number of hydrogen-bond acceptors (Lipinski definition) is 4. The summed E-state index contributed by atoms with van der Waals surface area (Å²) in [6.07, 6.45) is 2.31. The first-order chi connectivity index (χ1) is 17.1. The Kier molecular flexibility index (Phi) is 7.94. The summed E-state index contributed by atoms with van der Waals surface area (Å²) in [7, 11) is 0. The van der Waals surface area contributed by atoms with Gasteiger partial charge in [0.2, 0.25) is 0 Å². The standard InChI is InChI=1S/C31H32O4/c1-3-22-20-27(23-12-6-5-7-13-23)29(33)21-31(22)35-19-11-18-34-30-17-10-15-25(24(30)4-2)26-14-8-9-16-28(26)32/h5-10,12-17,20-21,32-33H,3-4,11,18-19H2,1-2H3. The van der Waals surface area contributed by atoms with Gasteiger partial charge in [0.05, 0.1) is 13.2 Å². The highest BCUT2D eigenvalue weighted by molar-refractivity contribution is 5.75. The lowest BCUT2D eigenvalue weighted by atomic mass is 9.96. The molecule has 0 atom stereocenters. The minimum absolute atomic E-state index is 0.216. The summed E-state index contributed by atoms with van der Waals surface area (Å²) in [6.45, 7) is 5.16. The Morgan fingerprint density at radius 2 is 1.29 bits per heavy atom. The van der Waals surface area contributed by atoms with Gasteiger partial charge in [-0.05, 0) is 47.7 Å². The van der Waals surface area contributed by atoms with E-state index in [0.29, 0.717) is 25.4 Å². The Hall–Kier alpha value is -3.92. The molecule has 4 nitrogen and oxygen atoms in total. The molecule has 0 aromatic heterocycles. The Morgan fingerprint density at radius 1 is 0.600 bits per heavy atom. The molecule has 0 aliphatic carbocycles. The van der Waals surface area contributed by atoms with Gasteiger partial charge in [-0.3, -0.25) is 0 Å². The molecule has 0 saturated heterocycles. The van der Waals surface area contributed by atoms with Gasteiger partial charge in [0.1, 0.15) is 23.0 Å². The number of rotatable bonds is 10. The quantitative estimate of drug-likeness (QED) is 0.238. The van der Waals surface area contributed by atoms with Gasteiger partial charge in [-0.15, -0.1) is 0 Å². The predicted molar refractivity (Wildman–Crippen MR) is 141 cm³/mol. The van der Waals surface area contributed by atoms with Crippen LogP contribution in [0.3, 0.4) is 0 Å². The molecule has 4 heteroatoms. The number of phenolic OH excluding ortho intramolecular Hbond substituents is 2. The van der Waals surface area contributed by atoms with Crippen LogP contribution in [0.2, 0.25) is 0 Å². The van der Waals surface area contributed by atoms with Crippen molar-refractivity contribution in [2.24, 2.45) is 0 Å². The fourth-order valence-corrected chi connectivity index (χ4v) is 4.32. The Bertz CT molecular complexity index is 1260. The maximum absolute atomic E-state index is 10.6. The van der Waals surface area contributed by atoms with Gasteiger partial charge in [0.25, 0.3) is 0 Å². The van der Waals surface area contributed by atoms with Crippen LogP contribution in [0.1, 0.15) is 31.4 Å². The molecule has 0 amide bonds. The van der Waals surface area contributed by atoms with Crippen LogP contribution in [0.25, 0.3) is 22.3 Å². The summed E-state index contributed by atoms with van der Waals surface area (Å²) in [5, 5.41) is 20.9. The summed E-state index contributed by atoms with van der Waals surface area (Å²) in [5.41, 5.74) is 5.73. The van der Waals surface area contributed by atoms with E-state index in [2.05, 4.69) is 13.8 Å². The summed E-state index contributed by atoms with van der Waals surface area (Å²) < 4.78 is 12.1. The van der Waals surface area contributed by atoms with E-state index in [1.807, 2.05) is 72.8 Å². The van der Waals surface area contributed by atoms with Crippen LogP contribution in [-0.4, -0.2) is 23.4 Å². The fraction of sp³-hybridized carbons (Fsp3) is 0.226. The molecule has 35 heavy (non-hydrogen) atoms. The minimum atomic E-state index is 0.216. The second-order valence-electron chi connectivity index (χ2n) is 8.40. The number of ether oxygens (including phenoxy) is 2. The molecule has 0 saturated carbocycles. The number of aromatic hydroxyl groups is 2. The van der Waals surface area contributed by atoms with Crippen LogP contribution in [0.4, 0.5) is 0 Å². The molecule has 4 aromatic rings. The molecule has 0 bridgehead atoms. The first kappa shape index (κ1) is 24.2. The Balaban J connectivity index is 1.39. The van der Waals surface area contributed by atoms with E-state index < -0.39 is 0 Å². The molecule has 2 N–H and O–H groups in total. The van der Waals surface area contributed by atoms with Crippen LogP contribution in [0, 0.1) is 0 Å². The molecular weight excluding hydrogens is 436 g/mol. The molecule has 0 fully saturated rings. The van der Waals surface area contributed by atoms with Gasteiger partial charge in [-0.25, -0.2) is 0 Å². The second-order valence-corrected chi connectivity index (χ2v) is 8.40. The monoisotopic (exact) mass is 468 g/mol. The molecule has 4 rings (SSSR count). The summed E-state index contributed by atoms with van der Waals surface area (Å²) in [5.74, 6) is 2.02. The van der Waals surface area contributed by atoms with Crippen LogP contribution < -0.4 is 9.47 Å². The Labute approximate surface area is 207 Å². The van der Waals surface area contributed by atoms with Crippen LogP contribution >= 0.6 is 0 Å². The number of aryl methyl sites for hydroxylation is 1. The SMILES string of the molecule is CCc1cc(-c2ccccc2)c(O)cc1OCCCOc1cccc(-c2ccccc2O)c1CC. The van der Waals surface area contributed by atoms with E-state index in [1.54, 1.807) is 12.1 Å². The topological polar surface area (TPSA) is 58.9 Å². The normalized spacial score (nSPS) is 10.8. The fourth-order valence-electron chi connectivity index (χ4n) is 4.32.